The van der Waals surface area contributed by atoms with Gasteiger partial charge in [0.15, 0.2) is 6.10 Å². The van der Waals surface area contributed by atoms with Gasteiger partial charge < -0.3 is 10.1 Å². The number of ether oxygens (including phenoxy) is 1. The number of aromatic nitrogens is 1. The van der Waals surface area contributed by atoms with E-state index in [1.54, 1.807) is 48.7 Å². The second-order valence-corrected chi connectivity index (χ2v) is 5.95. The fourth-order valence-corrected chi connectivity index (χ4v) is 3.04. The van der Waals surface area contributed by atoms with E-state index in [0.717, 1.165) is 0 Å². The van der Waals surface area contributed by atoms with Crippen molar-refractivity contribution < 1.29 is 18.3 Å². The lowest BCUT2D eigenvalue weighted by molar-refractivity contribution is 0.132. The maximum Gasteiger partial charge on any atom is 0.408 e. The average Bonchev–Trinajstić information content (AvgIpc) is 3.05. The summed E-state index contributed by atoms with van der Waals surface area (Å²) in [5, 5.41) is 2.72. The van der Waals surface area contributed by atoms with Crippen LogP contribution in [0.2, 0.25) is 0 Å². The molecule has 0 saturated carbocycles. The van der Waals surface area contributed by atoms with E-state index in [1.807, 2.05) is 0 Å². The lowest BCUT2D eigenvalue weighted by Crippen LogP contribution is -2.20. The molecular formula is C20H14F2N2O2. The molecule has 2 heterocycles. The number of nitrogens with one attached hydrogen (secondary N) is 1. The summed E-state index contributed by atoms with van der Waals surface area (Å²) in [4.78, 5) is 16.1. The molecule has 0 bridgehead atoms. The Morgan fingerprint density at radius 2 is 1.77 bits per heavy atom. The quantitative estimate of drug-likeness (QED) is 0.752. The number of nitrogens with zero attached hydrogens (tertiary/aromatic N) is 1. The van der Waals surface area contributed by atoms with Crippen LogP contribution in [0.1, 0.15) is 23.4 Å². The molecule has 0 aliphatic carbocycles. The second kappa shape index (κ2) is 6.55. The van der Waals surface area contributed by atoms with E-state index < -0.39 is 18.2 Å². The van der Waals surface area contributed by atoms with Gasteiger partial charge in [-0.1, -0.05) is 30.3 Å². The number of hydrogen-bond donors (Lipinski definition) is 1. The molecule has 4 nitrogen and oxygen atoms in total. The molecule has 1 N–H and O–H groups in total. The number of hydrogen-bond acceptors (Lipinski definition) is 3. The average molecular weight is 352 g/mol. The zero-order chi connectivity index (χ0) is 18.1. The van der Waals surface area contributed by atoms with E-state index in [0.29, 0.717) is 22.4 Å². The molecule has 0 radical (unpaired) electrons. The van der Waals surface area contributed by atoms with Crippen molar-refractivity contribution in [1.82, 2.24) is 10.3 Å². The molecule has 6 heteroatoms. The van der Waals surface area contributed by atoms with E-state index >= 15 is 0 Å². The Labute approximate surface area is 148 Å². The fraction of sp³-hybridized carbons (Fsp3) is 0.100. The summed E-state index contributed by atoms with van der Waals surface area (Å²) in [7, 11) is 0. The predicted molar refractivity (Wildman–Crippen MR) is 91.1 cm³/mol. The van der Waals surface area contributed by atoms with Crippen LogP contribution < -0.4 is 5.32 Å². The van der Waals surface area contributed by atoms with Crippen LogP contribution in [0.25, 0.3) is 11.1 Å². The molecule has 1 aliphatic rings. The van der Waals surface area contributed by atoms with Gasteiger partial charge in [-0.3, -0.25) is 4.98 Å². The third kappa shape index (κ3) is 3.01. The van der Waals surface area contributed by atoms with Gasteiger partial charge in [-0.25, -0.2) is 13.6 Å². The van der Waals surface area contributed by atoms with Gasteiger partial charge in [-0.05, 0) is 41.5 Å². The van der Waals surface area contributed by atoms with Crippen molar-refractivity contribution >= 4 is 6.09 Å². The molecule has 130 valence electrons. The van der Waals surface area contributed by atoms with Crippen LogP contribution in [0.3, 0.4) is 0 Å². The number of rotatable bonds is 3. The monoisotopic (exact) mass is 352 g/mol. The van der Waals surface area contributed by atoms with Crippen LogP contribution in [-0.4, -0.2) is 11.1 Å². The molecule has 3 aromatic rings. The van der Waals surface area contributed by atoms with Crippen molar-refractivity contribution in [2.24, 2.45) is 0 Å². The molecule has 1 aromatic heterocycles. The Kier molecular flexibility index (Phi) is 4.08. The number of alkyl carbamates (subject to hydrolysis) is 1. The fourth-order valence-electron chi connectivity index (χ4n) is 3.04. The lowest BCUT2D eigenvalue weighted by Gasteiger charge is -2.17. The third-order valence-corrected chi connectivity index (χ3v) is 4.29. The van der Waals surface area contributed by atoms with Crippen LogP contribution in [0.15, 0.2) is 66.9 Å². The highest BCUT2D eigenvalue weighted by atomic mass is 19.1. The van der Waals surface area contributed by atoms with Gasteiger partial charge in [-0.2, -0.15) is 0 Å². The highest BCUT2D eigenvalue weighted by molar-refractivity contribution is 5.71. The minimum absolute atomic E-state index is 0.341. The molecule has 0 unspecified atom stereocenters. The number of halogens is 2. The first-order chi connectivity index (χ1) is 12.6. The molecular weight excluding hydrogens is 338 g/mol. The Morgan fingerprint density at radius 3 is 2.54 bits per heavy atom. The number of amides is 1. The summed E-state index contributed by atoms with van der Waals surface area (Å²) in [6.07, 6.45) is 0.331. The van der Waals surface area contributed by atoms with E-state index in [2.05, 4.69) is 10.3 Å². The summed E-state index contributed by atoms with van der Waals surface area (Å²) in [5.74, 6) is -0.714. The smallest absolute Gasteiger partial charge is 0.408 e. The molecule has 1 amide bonds. The first-order valence-electron chi connectivity index (χ1n) is 8.05. The number of benzene rings is 2. The molecule has 1 saturated heterocycles. The number of carbonyl (C=O) groups excluding carboxylic acids is 1. The number of cyclic esters (lactones) is 1. The van der Waals surface area contributed by atoms with Gasteiger partial charge >= 0.3 is 6.09 Å². The Balaban J connectivity index is 1.72. The topological polar surface area (TPSA) is 51.2 Å². The van der Waals surface area contributed by atoms with Gasteiger partial charge in [0.1, 0.15) is 17.7 Å². The zero-order valence-electron chi connectivity index (χ0n) is 13.5. The summed E-state index contributed by atoms with van der Waals surface area (Å²) in [6.45, 7) is 0. The Morgan fingerprint density at radius 1 is 1.00 bits per heavy atom. The lowest BCUT2D eigenvalue weighted by atomic mass is 9.97. The molecule has 26 heavy (non-hydrogen) atoms. The van der Waals surface area contributed by atoms with Crippen LogP contribution in [0.4, 0.5) is 13.6 Å². The van der Waals surface area contributed by atoms with E-state index in [4.69, 9.17) is 4.74 Å². The second-order valence-electron chi connectivity index (χ2n) is 5.95. The van der Waals surface area contributed by atoms with Crippen molar-refractivity contribution in [1.29, 1.82) is 0 Å². The van der Waals surface area contributed by atoms with Gasteiger partial charge in [0.2, 0.25) is 0 Å². The largest absolute Gasteiger partial charge is 0.439 e. The molecule has 1 aliphatic heterocycles. The van der Waals surface area contributed by atoms with Crippen molar-refractivity contribution in [3.05, 3.63) is 89.8 Å². The van der Waals surface area contributed by atoms with E-state index in [1.165, 1.54) is 18.2 Å². The minimum atomic E-state index is -0.647. The van der Waals surface area contributed by atoms with Crippen LogP contribution >= 0.6 is 0 Å². The highest BCUT2D eigenvalue weighted by Crippen LogP contribution is 2.37. The van der Waals surface area contributed by atoms with Gasteiger partial charge in [0, 0.05) is 11.8 Å². The number of pyridine rings is 1. The number of carbonyl (C=O) groups is 1. The Bertz CT molecular complexity index is 960. The van der Waals surface area contributed by atoms with E-state index in [-0.39, 0.29) is 11.6 Å². The minimum Gasteiger partial charge on any atom is -0.439 e. The van der Waals surface area contributed by atoms with Crippen molar-refractivity contribution in [3.63, 3.8) is 0 Å². The van der Waals surface area contributed by atoms with Gasteiger partial charge in [-0.15, -0.1) is 0 Å². The maximum absolute atomic E-state index is 14.1. The van der Waals surface area contributed by atoms with Crippen molar-refractivity contribution in [3.8, 4) is 11.1 Å². The zero-order valence-corrected chi connectivity index (χ0v) is 13.5. The van der Waals surface area contributed by atoms with Gasteiger partial charge in [0.05, 0.1) is 5.69 Å². The first kappa shape index (κ1) is 16.2. The molecule has 4 rings (SSSR count). The van der Waals surface area contributed by atoms with Crippen LogP contribution in [0, 0.1) is 11.6 Å². The summed E-state index contributed by atoms with van der Waals surface area (Å²) >= 11 is 0. The van der Waals surface area contributed by atoms with Crippen LogP contribution in [-0.2, 0) is 4.74 Å². The third-order valence-electron chi connectivity index (χ3n) is 4.29. The molecule has 0 spiro atoms. The first-order valence-corrected chi connectivity index (χ1v) is 8.05. The van der Waals surface area contributed by atoms with Crippen molar-refractivity contribution in [2.75, 3.05) is 0 Å². The Hall–Kier alpha value is -3.28. The molecule has 2 aromatic carbocycles. The standard InChI is InChI=1S/C20H14F2N2O2/c21-14-7-5-12(6-8-14)19-18(24-20(25)26-19)17-11-13(9-10-23-17)15-3-1-2-4-16(15)22/h1-11,18-19H,(H,24,25)/t18-,19-/m0/s1. The molecule has 2 atom stereocenters. The summed E-state index contributed by atoms with van der Waals surface area (Å²) in [6, 6.07) is 15.0. The highest BCUT2D eigenvalue weighted by Gasteiger charge is 2.37. The normalized spacial score (nSPS) is 19.1. The predicted octanol–water partition coefficient (Wildman–Crippen LogP) is 4.55. The SMILES string of the molecule is O=C1N[C@@H](c2cc(-c3ccccc3F)ccn2)[C@H](c2ccc(F)cc2)O1. The van der Waals surface area contributed by atoms with Gasteiger partial charge in [0.25, 0.3) is 0 Å². The van der Waals surface area contributed by atoms with E-state index in [9.17, 15) is 13.6 Å². The molecule has 1 fully saturated rings. The summed E-state index contributed by atoms with van der Waals surface area (Å²) < 4.78 is 32.6. The van der Waals surface area contributed by atoms with Crippen LogP contribution in [0.5, 0.6) is 0 Å². The maximum atomic E-state index is 14.1. The van der Waals surface area contributed by atoms with Crippen molar-refractivity contribution in [2.45, 2.75) is 12.1 Å². The summed E-state index contributed by atoms with van der Waals surface area (Å²) in [5.41, 5.74) is 2.27.